The molecule has 0 spiro atoms. The minimum atomic E-state index is -4.21. The van der Waals surface area contributed by atoms with Crippen LogP contribution in [-0.4, -0.2) is 85.8 Å². The minimum absolute atomic E-state index is 0.0453. The monoisotopic (exact) mass is 719 g/mol. The Kier molecular flexibility index (Phi) is 10.8. The largest absolute Gasteiger partial charge is 0.507 e. The molecule has 2 saturated heterocycles. The highest BCUT2D eigenvalue weighted by molar-refractivity contribution is 7.89. The van der Waals surface area contributed by atoms with Gasteiger partial charge in [-0.25, -0.2) is 13.2 Å². The number of aromatic hydroxyl groups is 1. The molecule has 0 aromatic heterocycles. The van der Waals surface area contributed by atoms with Gasteiger partial charge in [0, 0.05) is 29.9 Å². The van der Waals surface area contributed by atoms with Gasteiger partial charge in [0.25, 0.3) is 5.91 Å². The Morgan fingerprint density at radius 2 is 1.80 bits per heavy atom. The number of phenols is 1. The normalized spacial score (nSPS) is 21.8. The van der Waals surface area contributed by atoms with E-state index in [-0.39, 0.29) is 60.1 Å². The predicted molar refractivity (Wildman–Crippen MR) is 191 cm³/mol. The standard InChI is InChI=1S/C38H45N3O9S/c1-22(2)19-41(20-33(42)32(17-25-8-6-5-7-9-25)40-38(45)50-34-21-49-37-28(34)12-13-48-37)51(46,47)27-10-11-31-29(18-27)30(36(44)39-31)16-26-14-23(3)35(43)24(4)15-26/h5-11,14-16,18,22,28,32-34,37,42-43H,12-13,17,19-21H2,1-4H3,(H,39,44)(H,40,45). The van der Waals surface area contributed by atoms with E-state index in [2.05, 4.69) is 10.6 Å². The molecule has 3 aliphatic rings. The number of phenolic OH excluding ortho intramolecular Hbond substituents is 1. The average Bonchev–Trinajstić information content (AvgIpc) is 3.79. The molecule has 12 nitrogen and oxygen atoms in total. The molecule has 5 unspecified atom stereocenters. The number of nitrogens with zero attached hydrogens (tertiary/aromatic N) is 1. The Morgan fingerprint density at radius 1 is 1.08 bits per heavy atom. The SMILES string of the molecule is Cc1cc(C=C2C(=O)Nc3ccc(S(=O)(=O)N(CC(C)C)CC(O)C(Cc4ccccc4)NC(=O)OC4COC5OCCC45)cc32)cc(C)c1O. The molecular weight excluding hydrogens is 674 g/mol. The van der Waals surface area contributed by atoms with Gasteiger partial charge >= 0.3 is 6.09 Å². The number of benzene rings is 3. The zero-order valence-corrected chi connectivity index (χ0v) is 30.0. The average molecular weight is 720 g/mol. The molecule has 2 fully saturated rings. The van der Waals surface area contributed by atoms with Crippen molar-refractivity contribution in [3.8, 4) is 5.75 Å². The van der Waals surface area contributed by atoms with Crippen LogP contribution >= 0.6 is 0 Å². The van der Waals surface area contributed by atoms with Gasteiger partial charge in [0.15, 0.2) is 6.29 Å². The van der Waals surface area contributed by atoms with Gasteiger partial charge in [-0.2, -0.15) is 4.31 Å². The Balaban J connectivity index is 1.25. The summed E-state index contributed by atoms with van der Waals surface area (Å²) in [6.45, 7) is 7.80. The first-order valence-corrected chi connectivity index (χ1v) is 18.6. The van der Waals surface area contributed by atoms with Crippen LogP contribution in [0.15, 0.2) is 65.6 Å². The van der Waals surface area contributed by atoms with Crippen LogP contribution in [0.25, 0.3) is 11.6 Å². The number of aliphatic hydroxyl groups is 1. The molecule has 13 heteroatoms. The van der Waals surface area contributed by atoms with Gasteiger partial charge in [0.05, 0.1) is 36.2 Å². The van der Waals surface area contributed by atoms with E-state index >= 15 is 0 Å². The Labute approximate surface area is 298 Å². The van der Waals surface area contributed by atoms with Crippen LogP contribution in [0.4, 0.5) is 10.5 Å². The number of anilines is 1. The van der Waals surface area contributed by atoms with E-state index in [1.165, 1.54) is 16.4 Å². The highest BCUT2D eigenvalue weighted by Crippen LogP contribution is 2.37. The Bertz CT molecular complexity index is 1890. The maximum atomic E-state index is 14.3. The van der Waals surface area contributed by atoms with Gasteiger partial charge < -0.3 is 35.1 Å². The van der Waals surface area contributed by atoms with Gasteiger partial charge in [0.2, 0.25) is 10.0 Å². The second kappa shape index (κ2) is 15.1. The van der Waals surface area contributed by atoms with Gasteiger partial charge in [-0.3, -0.25) is 4.79 Å². The molecule has 2 amide bonds. The van der Waals surface area contributed by atoms with Crippen molar-refractivity contribution >= 4 is 39.4 Å². The van der Waals surface area contributed by atoms with Crippen LogP contribution in [0.5, 0.6) is 5.75 Å². The van der Waals surface area contributed by atoms with E-state index in [1.807, 2.05) is 44.2 Å². The number of rotatable bonds is 12. The van der Waals surface area contributed by atoms with Crippen molar-refractivity contribution in [2.24, 2.45) is 11.8 Å². The topological polar surface area (TPSA) is 164 Å². The van der Waals surface area contributed by atoms with Crippen molar-refractivity contribution in [1.29, 1.82) is 0 Å². The number of fused-ring (bicyclic) bond motifs is 2. The first-order chi connectivity index (χ1) is 24.3. The van der Waals surface area contributed by atoms with Crippen LogP contribution in [0, 0.1) is 25.7 Å². The number of carbonyl (C=O) groups is 2. The van der Waals surface area contributed by atoms with Gasteiger partial charge in [-0.1, -0.05) is 44.2 Å². The fraction of sp³-hybridized carbons (Fsp3) is 0.421. The lowest BCUT2D eigenvalue weighted by Crippen LogP contribution is -2.51. The zero-order valence-electron chi connectivity index (χ0n) is 29.2. The number of sulfonamides is 1. The van der Waals surface area contributed by atoms with E-state index in [4.69, 9.17) is 14.2 Å². The second-order valence-electron chi connectivity index (χ2n) is 13.9. The Hall–Kier alpha value is -4.27. The molecule has 51 heavy (non-hydrogen) atoms. The van der Waals surface area contributed by atoms with Crippen LogP contribution in [-0.2, 0) is 35.4 Å². The van der Waals surface area contributed by atoms with Gasteiger partial charge in [-0.05, 0) is 91.3 Å². The number of carbonyl (C=O) groups excluding carboxylic acids is 2. The fourth-order valence-corrected chi connectivity index (χ4v) is 8.54. The third-order valence-corrected chi connectivity index (χ3v) is 11.3. The maximum Gasteiger partial charge on any atom is 0.407 e. The molecule has 6 rings (SSSR count). The molecule has 5 atom stereocenters. The van der Waals surface area contributed by atoms with Crippen LogP contribution in [0.3, 0.4) is 0 Å². The summed E-state index contributed by atoms with van der Waals surface area (Å²) in [4.78, 5) is 26.2. The minimum Gasteiger partial charge on any atom is -0.507 e. The summed E-state index contributed by atoms with van der Waals surface area (Å²) in [6, 6.07) is 16.4. The van der Waals surface area contributed by atoms with Crippen LogP contribution < -0.4 is 10.6 Å². The van der Waals surface area contributed by atoms with E-state index in [1.54, 1.807) is 38.1 Å². The lowest BCUT2D eigenvalue weighted by Gasteiger charge is -2.31. The van der Waals surface area contributed by atoms with E-state index in [9.17, 15) is 28.2 Å². The molecule has 0 saturated carbocycles. The summed E-state index contributed by atoms with van der Waals surface area (Å²) < 4.78 is 46.8. The molecular formula is C38H45N3O9S. The highest BCUT2D eigenvalue weighted by atomic mass is 32.2. The molecule has 272 valence electrons. The summed E-state index contributed by atoms with van der Waals surface area (Å²) in [7, 11) is -4.21. The van der Waals surface area contributed by atoms with Crippen molar-refractivity contribution in [2.45, 2.75) is 70.0 Å². The summed E-state index contributed by atoms with van der Waals surface area (Å²) >= 11 is 0. The van der Waals surface area contributed by atoms with E-state index in [0.717, 1.165) is 5.56 Å². The summed E-state index contributed by atoms with van der Waals surface area (Å²) in [5.74, 6) is -0.370. The lowest BCUT2D eigenvalue weighted by molar-refractivity contribution is -0.110. The smallest absolute Gasteiger partial charge is 0.407 e. The molecule has 3 aromatic carbocycles. The summed E-state index contributed by atoms with van der Waals surface area (Å²) in [5, 5.41) is 27.5. The first kappa shape index (κ1) is 36.5. The maximum absolute atomic E-state index is 14.3. The zero-order chi connectivity index (χ0) is 36.4. The first-order valence-electron chi connectivity index (χ1n) is 17.2. The number of alkyl carbamates (subject to hydrolysis) is 1. The molecule has 0 radical (unpaired) electrons. The quantitative estimate of drug-likeness (QED) is 0.196. The fourth-order valence-electron chi connectivity index (χ4n) is 6.89. The number of aryl methyl sites for hydroxylation is 2. The summed E-state index contributed by atoms with van der Waals surface area (Å²) in [6.07, 6.45) is -0.341. The van der Waals surface area contributed by atoms with Crippen molar-refractivity contribution in [3.05, 3.63) is 88.5 Å². The van der Waals surface area contributed by atoms with Crippen LogP contribution in [0.2, 0.25) is 0 Å². The molecule has 0 bridgehead atoms. The molecule has 4 N–H and O–H groups in total. The molecule has 3 aliphatic heterocycles. The van der Waals surface area contributed by atoms with Crippen molar-refractivity contribution in [1.82, 2.24) is 9.62 Å². The van der Waals surface area contributed by atoms with Crippen LogP contribution in [0.1, 0.15) is 48.1 Å². The highest BCUT2D eigenvalue weighted by Gasteiger charge is 2.44. The molecule has 3 aromatic rings. The van der Waals surface area contributed by atoms with E-state index in [0.29, 0.717) is 41.0 Å². The Morgan fingerprint density at radius 3 is 2.51 bits per heavy atom. The number of hydrogen-bond donors (Lipinski definition) is 4. The van der Waals surface area contributed by atoms with Crippen molar-refractivity contribution in [2.75, 3.05) is 31.6 Å². The predicted octanol–water partition coefficient (Wildman–Crippen LogP) is 4.61. The lowest BCUT2D eigenvalue weighted by atomic mass is 10.0. The molecule has 3 heterocycles. The third kappa shape index (κ3) is 8.13. The van der Waals surface area contributed by atoms with Gasteiger partial charge in [-0.15, -0.1) is 0 Å². The van der Waals surface area contributed by atoms with Crippen molar-refractivity contribution in [3.63, 3.8) is 0 Å². The number of ether oxygens (including phenoxy) is 3. The molecule has 0 aliphatic carbocycles. The second-order valence-corrected chi connectivity index (χ2v) is 15.9. The third-order valence-electron chi connectivity index (χ3n) is 9.51. The van der Waals surface area contributed by atoms with Crippen molar-refractivity contribution < 1.29 is 42.4 Å². The number of hydrogen-bond acceptors (Lipinski definition) is 9. The van der Waals surface area contributed by atoms with E-state index < -0.39 is 40.7 Å². The number of aliphatic hydroxyl groups excluding tert-OH is 1. The number of nitrogens with one attached hydrogen (secondary N) is 2. The number of amides is 2. The summed E-state index contributed by atoms with van der Waals surface area (Å²) in [5.41, 5.74) is 4.01. The van der Waals surface area contributed by atoms with Gasteiger partial charge in [0.1, 0.15) is 11.9 Å².